The zero-order valence-electron chi connectivity index (χ0n) is 7.29. The standard InChI is InChI=1S/C8H16FNO2/c1-6(4-9)2-7(5-10)3-8(11)12/h6-7H,2-5,10H2,1H3,(H,11,12)/t6-,7?/m0/s1. The van der Waals surface area contributed by atoms with Gasteiger partial charge in [0.2, 0.25) is 0 Å². The first-order valence-corrected chi connectivity index (χ1v) is 4.08. The maximum absolute atomic E-state index is 12.0. The Morgan fingerprint density at radius 2 is 2.25 bits per heavy atom. The predicted molar refractivity (Wildman–Crippen MR) is 44.6 cm³/mol. The van der Waals surface area contributed by atoms with Crippen LogP contribution in [0, 0.1) is 11.8 Å². The average Bonchev–Trinajstić information content (AvgIpc) is 2.02. The third-order valence-electron chi connectivity index (χ3n) is 1.80. The summed E-state index contributed by atoms with van der Waals surface area (Å²) >= 11 is 0. The quantitative estimate of drug-likeness (QED) is 0.637. The lowest BCUT2D eigenvalue weighted by molar-refractivity contribution is -0.138. The van der Waals surface area contributed by atoms with E-state index in [4.69, 9.17) is 10.8 Å². The van der Waals surface area contributed by atoms with E-state index in [0.29, 0.717) is 13.0 Å². The van der Waals surface area contributed by atoms with Crippen LogP contribution in [0.5, 0.6) is 0 Å². The summed E-state index contributed by atoms with van der Waals surface area (Å²) < 4.78 is 12.0. The number of halogens is 1. The number of hydrogen-bond donors (Lipinski definition) is 2. The van der Waals surface area contributed by atoms with Gasteiger partial charge < -0.3 is 10.8 Å². The number of carboxylic acids is 1. The molecule has 0 aliphatic carbocycles. The van der Waals surface area contributed by atoms with Crippen LogP contribution in [-0.2, 0) is 4.79 Å². The van der Waals surface area contributed by atoms with Crippen molar-refractivity contribution in [1.82, 2.24) is 0 Å². The van der Waals surface area contributed by atoms with Crippen molar-refractivity contribution >= 4 is 5.97 Å². The first kappa shape index (κ1) is 11.4. The second-order valence-corrected chi connectivity index (χ2v) is 3.19. The van der Waals surface area contributed by atoms with Crippen LogP contribution in [0.1, 0.15) is 19.8 Å². The van der Waals surface area contributed by atoms with Crippen LogP contribution >= 0.6 is 0 Å². The molecule has 0 saturated heterocycles. The molecule has 3 N–H and O–H groups in total. The van der Waals surface area contributed by atoms with Gasteiger partial charge in [-0.25, -0.2) is 0 Å². The SMILES string of the molecule is C[C@H](CF)CC(CN)CC(=O)O. The van der Waals surface area contributed by atoms with Gasteiger partial charge in [0.15, 0.2) is 0 Å². The first-order chi connectivity index (χ1) is 5.60. The van der Waals surface area contributed by atoms with Gasteiger partial charge in [-0.2, -0.15) is 0 Å². The highest BCUT2D eigenvalue weighted by atomic mass is 19.1. The summed E-state index contributed by atoms with van der Waals surface area (Å²) in [5.74, 6) is -1.04. The Morgan fingerprint density at radius 1 is 1.67 bits per heavy atom. The maximum atomic E-state index is 12.0. The molecule has 4 heteroatoms. The van der Waals surface area contributed by atoms with Crippen molar-refractivity contribution in [3.8, 4) is 0 Å². The molecule has 0 rings (SSSR count). The number of rotatable bonds is 6. The van der Waals surface area contributed by atoms with E-state index >= 15 is 0 Å². The Morgan fingerprint density at radius 3 is 2.58 bits per heavy atom. The minimum atomic E-state index is -0.864. The van der Waals surface area contributed by atoms with Gasteiger partial charge in [0, 0.05) is 6.42 Å². The molecule has 0 aromatic rings. The van der Waals surface area contributed by atoms with Crippen LogP contribution in [0.2, 0.25) is 0 Å². The van der Waals surface area contributed by atoms with Crippen LogP contribution in [-0.4, -0.2) is 24.3 Å². The molecule has 0 aliphatic heterocycles. The zero-order chi connectivity index (χ0) is 9.56. The fourth-order valence-electron chi connectivity index (χ4n) is 1.14. The molecule has 0 spiro atoms. The summed E-state index contributed by atoms with van der Waals surface area (Å²) in [5.41, 5.74) is 5.34. The van der Waals surface area contributed by atoms with Gasteiger partial charge in [-0.1, -0.05) is 6.92 Å². The fourth-order valence-corrected chi connectivity index (χ4v) is 1.14. The molecule has 0 aromatic carbocycles. The molecule has 0 amide bonds. The second kappa shape index (κ2) is 5.94. The van der Waals surface area contributed by atoms with E-state index < -0.39 is 12.6 Å². The Kier molecular flexibility index (Phi) is 5.62. The van der Waals surface area contributed by atoms with E-state index in [1.807, 2.05) is 0 Å². The van der Waals surface area contributed by atoms with Crippen LogP contribution in [0.25, 0.3) is 0 Å². The monoisotopic (exact) mass is 177 g/mol. The normalized spacial score (nSPS) is 15.6. The minimum absolute atomic E-state index is 0.0425. The van der Waals surface area contributed by atoms with Crippen molar-refractivity contribution in [2.24, 2.45) is 17.6 Å². The van der Waals surface area contributed by atoms with Crippen LogP contribution in [0.15, 0.2) is 0 Å². The molecule has 2 atom stereocenters. The summed E-state index contributed by atoms with van der Waals surface area (Å²) in [7, 11) is 0. The van der Waals surface area contributed by atoms with Crippen molar-refractivity contribution in [1.29, 1.82) is 0 Å². The lowest BCUT2D eigenvalue weighted by Gasteiger charge is -2.14. The molecule has 0 heterocycles. The van der Waals surface area contributed by atoms with Gasteiger partial charge in [-0.15, -0.1) is 0 Å². The molecule has 12 heavy (non-hydrogen) atoms. The van der Waals surface area contributed by atoms with Crippen molar-refractivity contribution in [3.05, 3.63) is 0 Å². The van der Waals surface area contributed by atoms with Crippen LogP contribution in [0.3, 0.4) is 0 Å². The topological polar surface area (TPSA) is 63.3 Å². The van der Waals surface area contributed by atoms with Gasteiger partial charge in [0.25, 0.3) is 0 Å². The fraction of sp³-hybridized carbons (Fsp3) is 0.875. The summed E-state index contributed by atoms with van der Waals surface area (Å²) in [5, 5.41) is 8.45. The van der Waals surface area contributed by atoms with Crippen molar-refractivity contribution < 1.29 is 14.3 Å². The van der Waals surface area contributed by atoms with E-state index in [-0.39, 0.29) is 18.3 Å². The minimum Gasteiger partial charge on any atom is -0.481 e. The molecule has 0 aromatic heterocycles. The molecule has 0 saturated carbocycles. The lowest BCUT2D eigenvalue weighted by atomic mass is 9.94. The highest BCUT2D eigenvalue weighted by Gasteiger charge is 2.14. The van der Waals surface area contributed by atoms with E-state index in [0.717, 1.165) is 0 Å². The summed E-state index contributed by atoms with van der Waals surface area (Å²) in [4.78, 5) is 10.3. The van der Waals surface area contributed by atoms with Gasteiger partial charge in [-0.3, -0.25) is 9.18 Å². The Labute approximate surface area is 71.8 Å². The predicted octanol–water partition coefficient (Wildman–Crippen LogP) is 1.03. The molecular weight excluding hydrogens is 161 g/mol. The van der Waals surface area contributed by atoms with Gasteiger partial charge >= 0.3 is 5.97 Å². The Hall–Kier alpha value is -0.640. The summed E-state index contributed by atoms with van der Waals surface area (Å²) in [6.45, 7) is 1.66. The number of carboxylic acid groups (broad SMARTS) is 1. The molecule has 3 nitrogen and oxygen atoms in total. The van der Waals surface area contributed by atoms with Crippen molar-refractivity contribution in [2.45, 2.75) is 19.8 Å². The average molecular weight is 177 g/mol. The van der Waals surface area contributed by atoms with Gasteiger partial charge in [0.05, 0.1) is 6.67 Å². The van der Waals surface area contributed by atoms with E-state index in [1.54, 1.807) is 6.92 Å². The summed E-state index contributed by atoms with van der Waals surface area (Å²) in [6.07, 6.45) is 0.597. The van der Waals surface area contributed by atoms with Crippen LogP contribution < -0.4 is 5.73 Å². The lowest BCUT2D eigenvalue weighted by Crippen LogP contribution is -2.20. The maximum Gasteiger partial charge on any atom is 0.303 e. The number of hydrogen-bond acceptors (Lipinski definition) is 2. The van der Waals surface area contributed by atoms with Crippen molar-refractivity contribution in [2.75, 3.05) is 13.2 Å². The first-order valence-electron chi connectivity index (χ1n) is 4.08. The Bertz CT molecular complexity index is 141. The Balaban J connectivity index is 3.74. The molecule has 0 radical (unpaired) electrons. The summed E-state index contributed by atoms with van der Waals surface area (Å²) in [6, 6.07) is 0. The number of aliphatic carboxylic acids is 1. The second-order valence-electron chi connectivity index (χ2n) is 3.19. The third kappa shape index (κ3) is 5.07. The van der Waals surface area contributed by atoms with E-state index in [2.05, 4.69) is 0 Å². The van der Waals surface area contributed by atoms with Gasteiger partial charge in [-0.05, 0) is 24.8 Å². The molecule has 72 valence electrons. The van der Waals surface area contributed by atoms with Gasteiger partial charge in [0.1, 0.15) is 0 Å². The largest absolute Gasteiger partial charge is 0.481 e. The van der Waals surface area contributed by atoms with E-state index in [1.165, 1.54) is 0 Å². The third-order valence-corrected chi connectivity index (χ3v) is 1.80. The van der Waals surface area contributed by atoms with Crippen molar-refractivity contribution in [3.63, 3.8) is 0 Å². The highest BCUT2D eigenvalue weighted by Crippen LogP contribution is 2.14. The number of alkyl halides is 1. The zero-order valence-corrected chi connectivity index (χ0v) is 7.29. The molecule has 1 unspecified atom stereocenters. The van der Waals surface area contributed by atoms with Crippen LogP contribution in [0.4, 0.5) is 4.39 Å². The molecular formula is C8H16FNO2. The van der Waals surface area contributed by atoms with E-state index in [9.17, 15) is 9.18 Å². The molecule has 0 bridgehead atoms. The number of carbonyl (C=O) groups is 1. The molecule has 0 fully saturated rings. The highest BCUT2D eigenvalue weighted by molar-refractivity contribution is 5.67. The number of nitrogens with two attached hydrogens (primary N) is 1. The molecule has 0 aliphatic rings. The smallest absolute Gasteiger partial charge is 0.303 e.